The molecular weight excluding hydrogens is 637 g/mol. The van der Waals surface area contributed by atoms with Gasteiger partial charge in [-0.1, -0.05) is 23.7 Å². The van der Waals surface area contributed by atoms with Crippen LogP contribution >= 0.6 is 11.6 Å². The Labute approximate surface area is 285 Å². The van der Waals surface area contributed by atoms with Crippen molar-refractivity contribution in [3.05, 3.63) is 57.4 Å². The molecule has 11 nitrogen and oxygen atoms in total. The average molecular weight is 680 g/mol. The SMILES string of the molecule is NC(=CC1=NCCCN(c2nc(OC[C@@]34CCCN3C[C@H](F)C4)nc3c2CO[C@@]2(CCc4c(Cl)cccc42)C3)C1)C(=O)N1CCOCC1. The van der Waals surface area contributed by atoms with E-state index in [0.29, 0.717) is 84.5 Å². The summed E-state index contributed by atoms with van der Waals surface area (Å²) >= 11 is 6.62. The Bertz CT molecular complexity index is 1650. The normalized spacial score (nSPS) is 29.0. The van der Waals surface area contributed by atoms with Gasteiger partial charge in [-0.25, -0.2) is 4.39 Å². The molecule has 3 fully saturated rings. The van der Waals surface area contributed by atoms with Crippen LogP contribution in [0, 0.1) is 0 Å². The largest absolute Gasteiger partial charge is 0.461 e. The number of halogens is 2. The zero-order chi connectivity index (χ0) is 32.9. The highest BCUT2D eigenvalue weighted by Crippen LogP contribution is 2.49. The van der Waals surface area contributed by atoms with Crippen molar-refractivity contribution >= 4 is 29.0 Å². The van der Waals surface area contributed by atoms with Gasteiger partial charge in [-0.3, -0.25) is 14.7 Å². The third-order valence-electron chi connectivity index (χ3n) is 11.0. The summed E-state index contributed by atoms with van der Waals surface area (Å²) in [5, 5.41) is 0.769. The number of carbonyl (C=O) groups is 1. The zero-order valence-electron chi connectivity index (χ0n) is 27.3. The Morgan fingerprint density at radius 3 is 2.90 bits per heavy atom. The molecule has 13 heteroatoms. The number of nitrogens with two attached hydrogens (primary N) is 1. The van der Waals surface area contributed by atoms with Crippen LogP contribution < -0.4 is 15.4 Å². The predicted octanol–water partition coefficient (Wildman–Crippen LogP) is 3.35. The van der Waals surface area contributed by atoms with E-state index in [1.807, 2.05) is 12.1 Å². The van der Waals surface area contributed by atoms with Gasteiger partial charge in [0.25, 0.3) is 5.91 Å². The number of ether oxygens (including phenoxy) is 3. The number of rotatable bonds is 6. The molecule has 3 saturated heterocycles. The van der Waals surface area contributed by atoms with Gasteiger partial charge in [0.15, 0.2) is 0 Å². The van der Waals surface area contributed by atoms with Crippen molar-refractivity contribution in [3.8, 4) is 6.01 Å². The number of hydrogen-bond donors (Lipinski definition) is 1. The molecule has 1 amide bonds. The summed E-state index contributed by atoms with van der Waals surface area (Å²) in [6.07, 6.45) is 6.31. The molecule has 2 aromatic rings. The van der Waals surface area contributed by atoms with Crippen molar-refractivity contribution in [1.29, 1.82) is 0 Å². The van der Waals surface area contributed by atoms with Crippen LogP contribution in [0.1, 0.15) is 54.5 Å². The third kappa shape index (κ3) is 5.84. The van der Waals surface area contributed by atoms with Gasteiger partial charge in [0.05, 0.1) is 54.6 Å². The van der Waals surface area contributed by atoms with Crippen molar-refractivity contribution in [2.24, 2.45) is 10.7 Å². The van der Waals surface area contributed by atoms with Crippen molar-refractivity contribution in [1.82, 2.24) is 19.8 Å². The number of anilines is 1. The smallest absolute Gasteiger partial charge is 0.318 e. The van der Waals surface area contributed by atoms with E-state index in [0.717, 1.165) is 77.6 Å². The number of hydrogen-bond acceptors (Lipinski definition) is 10. The molecule has 1 aromatic heterocycles. The van der Waals surface area contributed by atoms with Gasteiger partial charge in [-0.05, 0) is 61.9 Å². The monoisotopic (exact) mass is 679 g/mol. The highest BCUT2D eigenvalue weighted by atomic mass is 35.5. The minimum absolute atomic E-state index is 0.165. The van der Waals surface area contributed by atoms with Crippen LogP contribution in [0.3, 0.4) is 0 Å². The van der Waals surface area contributed by atoms with Gasteiger partial charge in [0.2, 0.25) is 0 Å². The Kier molecular flexibility index (Phi) is 8.55. The first-order chi connectivity index (χ1) is 23.3. The molecule has 1 aliphatic carbocycles. The molecule has 48 heavy (non-hydrogen) atoms. The van der Waals surface area contributed by atoms with Crippen LogP contribution in [0.5, 0.6) is 6.01 Å². The zero-order valence-corrected chi connectivity index (χ0v) is 28.0. The summed E-state index contributed by atoms with van der Waals surface area (Å²) < 4.78 is 33.2. The van der Waals surface area contributed by atoms with E-state index in [9.17, 15) is 9.18 Å². The molecule has 0 unspecified atom stereocenters. The molecule has 256 valence electrons. The maximum Gasteiger partial charge on any atom is 0.318 e. The average Bonchev–Trinajstić information content (AvgIpc) is 3.68. The second kappa shape index (κ2) is 12.9. The van der Waals surface area contributed by atoms with Crippen LogP contribution in [-0.4, -0.2) is 109 Å². The van der Waals surface area contributed by atoms with Gasteiger partial charge in [0, 0.05) is 56.2 Å². The van der Waals surface area contributed by atoms with Gasteiger partial charge in [0.1, 0.15) is 18.6 Å². The summed E-state index contributed by atoms with van der Waals surface area (Å²) in [5.74, 6) is 0.538. The van der Waals surface area contributed by atoms with Gasteiger partial charge >= 0.3 is 6.01 Å². The number of fused-ring (bicyclic) bond motifs is 4. The highest BCUT2D eigenvalue weighted by molar-refractivity contribution is 6.31. The fraction of sp³-hybridized carbons (Fsp3) is 0.600. The number of amides is 1. The lowest BCUT2D eigenvalue weighted by Crippen LogP contribution is -2.44. The highest BCUT2D eigenvalue weighted by Gasteiger charge is 2.50. The second-order valence-corrected chi connectivity index (χ2v) is 14.4. The van der Waals surface area contributed by atoms with Gasteiger partial charge < -0.3 is 29.7 Å². The van der Waals surface area contributed by atoms with Gasteiger partial charge in [-0.15, -0.1) is 0 Å². The quantitative estimate of drug-likeness (QED) is 0.459. The lowest BCUT2D eigenvalue weighted by Gasteiger charge is -2.37. The summed E-state index contributed by atoms with van der Waals surface area (Å²) in [6, 6.07) is 6.34. The number of benzene rings is 1. The molecule has 0 saturated carbocycles. The summed E-state index contributed by atoms with van der Waals surface area (Å²) in [5.41, 5.74) is 10.5. The Morgan fingerprint density at radius 2 is 2.02 bits per heavy atom. The minimum atomic E-state index is -0.842. The summed E-state index contributed by atoms with van der Waals surface area (Å²) in [4.78, 5) is 34.1. The molecule has 1 spiro atoms. The number of nitrogens with zero attached hydrogens (tertiary/aromatic N) is 6. The molecule has 8 rings (SSSR count). The molecule has 3 atom stereocenters. The van der Waals surface area contributed by atoms with E-state index >= 15 is 0 Å². The molecule has 0 radical (unpaired) electrons. The molecule has 1 aromatic carbocycles. The predicted molar refractivity (Wildman–Crippen MR) is 179 cm³/mol. The maximum absolute atomic E-state index is 14.6. The topological polar surface area (TPSA) is 119 Å². The van der Waals surface area contributed by atoms with E-state index in [4.69, 9.17) is 46.5 Å². The molecular formula is C35H43ClFN7O4. The van der Waals surface area contributed by atoms with Crippen molar-refractivity contribution < 1.29 is 23.4 Å². The van der Waals surface area contributed by atoms with Crippen LogP contribution in [-0.2, 0) is 39.3 Å². The van der Waals surface area contributed by atoms with Crippen LogP contribution in [0.15, 0.2) is 35.0 Å². The fourth-order valence-electron chi connectivity index (χ4n) is 8.60. The number of aromatic nitrogens is 2. The second-order valence-electron chi connectivity index (χ2n) is 14.0. The van der Waals surface area contributed by atoms with Crippen molar-refractivity contribution in [2.75, 3.05) is 70.5 Å². The standard InChI is InChI=1S/C35H43ClFN7O4/c36-28-5-1-4-27-25(28)6-8-35(27)18-30-26(21-48-35)31(41-33(40-30)47-22-34-7-2-11-44(34)19-23(37)17-34)43-10-3-9-39-24(20-43)16-29(38)32(45)42-12-14-46-15-13-42/h1,4-5,16,23H,2-3,6-15,17-22,38H2/t23-,34+,35+/m1/s1. The van der Waals surface area contributed by atoms with Crippen molar-refractivity contribution in [3.63, 3.8) is 0 Å². The van der Waals surface area contributed by atoms with E-state index < -0.39 is 11.8 Å². The summed E-state index contributed by atoms with van der Waals surface area (Å²) in [7, 11) is 0. The lowest BCUT2D eigenvalue weighted by molar-refractivity contribution is -0.131. The number of aliphatic imine (C=N–C) groups is 1. The van der Waals surface area contributed by atoms with E-state index in [-0.39, 0.29) is 17.1 Å². The summed E-state index contributed by atoms with van der Waals surface area (Å²) in [6.45, 7) is 5.82. The third-order valence-corrected chi connectivity index (χ3v) is 11.4. The molecule has 5 aliphatic heterocycles. The molecule has 6 heterocycles. The molecule has 2 N–H and O–H groups in total. The van der Waals surface area contributed by atoms with Crippen LogP contribution in [0.25, 0.3) is 0 Å². The Hall–Kier alpha value is -3.32. The maximum atomic E-state index is 14.6. The van der Waals surface area contributed by atoms with Gasteiger partial charge in [-0.2, -0.15) is 9.97 Å². The Morgan fingerprint density at radius 1 is 1.15 bits per heavy atom. The van der Waals surface area contributed by atoms with Crippen molar-refractivity contribution in [2.45, 2.75) is 68.9 Å². The van der Waals surface area contributed by atoms with Crippen LogP contribution in [0.2, 0.25) is 5.02 Å². The number of carbonyl (C=O) groups excluding carboxylic acids is 1. The van der Waals surface area contributed by atoms with E-state index in [2.05, 4.69) is 15.9 Å². The minimum Gasteiger partial charge on any atom is -0.461 e. The first kappa shape index (κ1) is 31.9. The Balaban J connectivity index is 1.11. The first-order valence-electron chi connectivity index (χ1n) is 17.3. The number of alkyl halides is 1. The first-order valence-corrected chi connectivity index (χ1v) is 17.7. The lowest BCUT2D eigenvalue weighted by atomic mass is 9.87. The van der Waals surface area contributed by atoms with Crippen LogP contribution in [0.4, 0.5) is 10.2 Å². The van der Waals surface area contributed by atoms with E-state index in [1.165, 1.54) is 0 Å². The molecule has 6 aliphatic rings. The fourth-order valence-corrected chi connectivity index (χ4v) is 8.87. The number of morpholine rings is 1. The van der Waals surface area contributed by atoms with E-state index in [1.54, 1.807) is 11.0 Å². The molecule has 0 bridgehead atoms.